The summed E-state index contributed by atoms with van der Waals surface area (Å²) in [4.78, 5) is 39.5. The van der Waals surface area contributed by atoms with Crippen LogP contribution in [0.15, 0.2) is 55.0 Å². The van der Waals surface area contributed by atoms with Gasteiger partial charge in [-0.2, -0.15) is 0 Å². The number of carbonyl (C=O) groups is 2. The van der Waals surface area contributed by atoms with E-state index in [0.717, 1.165) is 18.2 Å². The van der Waals surface area contributed by atoms with Gasteiger partial charge in [0.05, 0.1) is 43.5 Å². The first-order chi connectivity index (χ1) is 17.3. The van der Waals surface area contributed by atoms with E-state index in [9.17, 15) is 22.8 Å². The van der Waals surface area contributed by atoms with Gasteiger partial charge in [-0.25, -0.2) is 9.97 Å². The fourth-order valence-electron chi connectivity index (χ4n) is 3.36. The second kappa shape index (κ2) is 11.1. The summed E-state index contributed by atoms with van der Waals surface area (Å²) in [5, 5.41) is 4.92. The summed E-state index contributed by atoms with van der Waals surface area (Å²) < 4.78 is 47.9. The number of anilines is 2. The molecule has 1 aliphatic heterocycles. The van der Waals surface area contributed by atoms with Crippen molar-refractivity contribution in [1.82, 2.24) is 19.9 Å². The molecular formula is C23H21F3N6O4. The molecule has 1 aromatic carbocycles. The number of hydrogen-bond donors (Lipinski definition) is 2. The van der Waals surface area contributed by atoms with Crippen LogP contribution in [-0.2, 0) is 9.53 Å². The molecule has 36 heavy (non-hydrogen) atoms. The van der Waals surface area contributed by atoms with Crippen LogP contribution in [0.5, 0.6) is 5.75 Å². The number of benzene rings is 1. The molecule has 4 rings (SSSR count). The van der Waals surface area contributed by atoms with Crippen molar-refractivity contribution in [2.45, 2.75) is 6.36 Å². The van der Waals surface area contributed by atoms with Gasteiger partial charge in [0.15, 0.2) is 11.6 Å². The lowest BCUT2D eigenvalue weighted by molar-refractivity contribution is -0.274. The minimum absolute atomic E-state index is 0.0261. The molecule has 1 aliphatic rings. The molecule has 0 bridgehead atoms. The monoisotopic (exact) mass is 502 g/mol. The predicted octanol–water partition coefficient (Wildman–Crippen LogP) is 2.96. The van der Waals surface area contributed by atoms with Gasteiger partial charge in [-0.05, 0) is 30.3 Å². The summed E-state index contributed by atoms with van der Waals surface area (Å²) in [5.41, 5.74) is 0.768. The van der Waals surface area contributed by atoms with E-state index >= 15 is 0 Å². The Labute approximate surface area is 203 Å². The maximum atomic E-state index is 12.9. The Morgan fingerprint density at radius 3 is 2.47 bits per heavy atom. The Balaban J connectivity index is 1.48. The van der Waals surface area contributed by atoms with Crippen LogP contribution in [0, 0.1) is 0 Å². The minimum atomic E-state index is -4.99. The number of ether oxygens (including phenoxy) is 2. The average molecular weight is 502 g/mol. The third-order valence-corrected chi connectivity index (χ3v) is 5.03. The van der Waals surface area contributed by atoms with E-state index in [1.165, 1.54) is 12.4 Å². The molecule has 0 unspecified atom stereocenters. The summed E-state index contributed by atoms with van der Waals surface area (Å²) in [5.74, 6) is -1.75. The normalized spacial score (nSPS) is 14.2. The van der Waals surface area contributed by atoms with Crippen LogP contribution in [0.4, 0.5) is 24.7 Å². The fourth-order valence-corrected chi connectivity index (χ4v) is 3.36. The number of nitrogens with one attached hydrogen (secondary N) is 2. The van der Waals surface area contributed by atoms with E-state index in [4.69, 9.17) is 4.74 Å². The van der Waals surface area contributed by atoms with E-state index < -0.39 is 23.9 Å². The molecule has 0 aliphatic carbocycles. The second-order valence-electron chi connectivity index (χ2n) is 7.65. The maximum Gasteiger partial charge on any atom is 0.573 e. The largest absolute Gasteiger partial charge is 0.573 e. The Hall–Kier alpha value is -4.10. The number of carbonyl (C=O) groups excluding carboxylic acids is 2. The highest BCUT2D eigenvalue weighted by Gasteiger charge is 2.32. The van der Waals surface area contributed by atoms with Gasteiger partial charge < -0.3 is 20.1 Å². The van der Waals surface area contributed by atoms with E-state index in [1.807, 2.05) is 0 Å². The number of nitrogens with zero attached hydrogens (tertiary/aromatic N) is 4. The molecule has 0 atom stereocenters. The summed E-state index contributed by atoms with van der Waals surface area (Å²) in [6, 6.07) is 8.51. The van der Waals surface area contributed by atoms with Crippen molar-refractivity contribution < 1.29 is 32.2 Å². The molecule has 2 aromatic heterocycles. The van der Waals surface area contributed by atoms with Gasteiger partial charge >= 0.3 is 6.36 Å². The van der Waals surface area contributed by atoms with Gasteiger partial charge in [-0.3, -0.25) is 19.5 Å². The van der Waals surface area contributed by atoms with Crippen molar-refractivity contribution in [3.63, 3.8) is 0 Å². The number of rotatable bonds is 7. The lowest BCUT2D eigenvalue weighted by Crippen LogP contribution is -2.41. The van der Waals surface area contributed by atoms with Crippen LogP contribution >= 0.6 is 0 Å². The van der Waals surface area contributed by atoms with Gasteiger partial charge in [0, 0.05) is 24.8 Å². The van der Waals surface area contributed by atoms with Crippen molar-refractivity contribution in [2.75, 3.05) is 43.5 Å². The molecule has 13 heteroatoms. The Morgan fingerprint density at radius 1 is 1.00 bits per heavy atom. The number of morpholine rings is 1. The second-order valence-corrected chi connectivity index (χ2v) is 7.65. The zero-order valence-corrected chi connectivity index (χ0v) is 18.8. The highest BCUT2D eigenvalue weighted by Crippen LogP contribution is 2.31. The third kappa shape index (κ3) is 6.96. The van der Waals surface area contributed by atoms with Crippen molar-refractivity contribution in [3.8, 4) is 17.1 Å². The zero-order chi connectivity index (χ0) is 25.5. The standard InChI is InChI=1S/C23H21F3N6O4/c24-23(25,26)36-19-5-4-15(11-17(19)30-21(33)14-32-7-9-35-10-8-32)22(34)31-20-13-28-18(12-29-20)16-3-1-2-6-27-16/h1-6,11-13H,7-10,14H2,(H,30,33)(H,29,31,34). The first kappa shape index (κ1) is 25.0. The molecule has 0 saturated carbocycles. The molecule has 1 fully saturated rings. The van der Waals surface area contributed by atoms with Gasteiger partial charge in [-0.15, -0.1) is 13.2 Å². The molecule has 1 saturated heterocycles. The van der Waals surface area contributed by atoms with Gasteiger partial charge in [-0.1, -0.05) is 6.07 Å². The fraction of sp³-hybridized carbons (Fsp3) is 0.261. The molecule has 0 radical (unpaired) electrons. The highest BCUT2D eigenvalue weighted by molar-refractivity contribution is 6.05. The average Bonchev–Trinajstić information content (AvgIpc) is 2.86. The number of hydrogen-bond acceptors (Lipinski definition) is 8. The lowest BCUT2D eigenvalue weighted by Gasteiger charge is -2.26. The zero-order valence-electron chi connectivity index (χ0n) is 18.8. The molecule has 10 nitrogen and oxygen atoms in total. The van der Waals surface area contributed by atoms with E-state index in [0.29, 0.717) is 37.7 Å². The van der Waals surface area contributed by atoms with E-state index in [2.05, 4.69) is 30.3 Å². The van der Waals surface area contributed by atoms with Crippen LogP contribution in [0.25, 0.3) is 11.4 Å². The van der Waals surface area contributed by atoms with Crippen LogP contribution < -0.4 is 15.4 Å². The molecule has 188 valence electrons. The lowest BCUT2D eigenvalue weighted by atomic mass is 10.1. The minimum Gasteiger partial charge on any atom is -0.404 e. The Kier molecular flexibility index (Phi) is 7.71. The maximum absolute atomic E-state index is 12.9. The van der Waals surface area contributed by atoms with Crippen molar-refractivity contribution in [1.29, 1.82) is 0 Å². The van der Waals surface area contributed by atoms with Crippen LogP contribution in [0.3, 0.4) is 0 Å². The molecule has 3 heterocycles. The van der Waals surface area contributed by atoms with Crippen molar-refractivity contribution in [3.05, 3.63) is 60.6 Å². The van der Waals surface area contributed by atoms with E-state index in [-0.39, 0.29) is 23.6 Å². The number of aromatic nitrogens is 3. The van der Waals surface area contributed by atoms with E-state index in [1.54, 1.807) is 29.3 Å². The molecular weight excluding hydrogens is 481 g/mol. The first-order valence-electron chi connectivity index (χ1n) is 10.8. The van der Waals surface area contributed by atoms with Gasteiger partial charge in [0.1, 0.15) is 5.69 Å². The van der Waals surface area contributed by atoms with Crippen molar-refractivity contribution in [2.24, 2.45) is 0 Å². The topological polar surface area (TPSA) is 119 Å². The van der Waals surface area contributed by atoms with Crippen LogP contribution in [-0.4, -0.2) is 70.9 Å². The summed E-state index contributed by atoms with van der Waals surface area (Å²) in [6.07, 6.45) is -0.627. The Morgan fingerprint density at radius 2 is 1.81 bits per heavy atom. The number of halogens is 3. The van der Waals surface area contributed by atoms with Crippen molar-refractivity contribution >= 4 is 23.3 Å². The number of alkyl halides is 3. The SMILES string of the molecule is O=C(CN1CCOCC1)Nc1cc(C(=O)Nc2cnc(-c3ccccn3)cn2)ccc1OC(F)(F)F. The Bertz CT molecular complexity index is 1200. The summed E-state index contributed by atoms with van der Waals surface area (Å²) in [6.45, 7) is 1.89. The molecule has 2 N–H and O–H groups in total. The molecule has 2 amide bonds. The van der Waals surface area contributed by atoms with Crippen LogP contribution in [0.2, 0.25) is 0 Å². The van der Waals surface area contributed by atoms with Gasteiger partial charge in [0.25, 0.3) is 5.91 Å². The van der Waals surface area contributed by atoms with Gasteiger partial charge in [0.2, 0.25) is 5.91 Å². The number of pyridine rings is 1. The summed E-state index contributed by atoms with van der Waals surface area (Å²) in [7, 11) is 0. The number of amides is 2. The summed E-state index contributed by atoms with van der Waals surface area (Å²) >= 11 is 0. The molecule has 3 aromatic rings. The first-order valence-corrected chi connectivity index (χ1v) is 10.8. The third-order valence-electron chi connectivity index (χ3n) is 5.03. The smallest absolute Gasteiger partial charge is 0.404 e. The highest BCUT2D eigenvalue weighted by atomic mass is 19.4. The quantitative estimate of drug-likeness (QED) is 0.506. The molecule has 0 spiro atoms. The van der Waals surface area contributed by atoms with Crippen LogP contribution in [0.1, 0.15) is 10.4 Å². The predicted molar refractivity (Wildman–Crippen MR) is 122 cm³/mol.